The van der Waals surface area contributed by atoms with E-state index in [1.165, 1.54) is 9.75 Å². The largest absolute Gasteiger partial charge is 0.370 e. The summed E-state index contributed by atoms with van der Waals surface area (Å²) in [4.78, 5) is 11.8. The Morgan fingerprint density at radius 2 is 1.67 bits per heavy atom. The summed E-state index contributed by atoms with van der Waals surface area (Å²) in [6.07, 6.45) is 3.03. The molecule has 2 aromatic heterocycles. The van der Waals surface area contributed by atoms with Crippen LogP contribution in [-0.2, 0) is 19.4 Å². The fourth-order valence-electron chi connectivity index (χ4n) is 1.97. The predicted octanol–water partition coefficient (Wildman–Crippen LogP) is 4.10. The lowest BCUT2D eigenvalue weighted by Gasteiger charge is -2.10. The van der Waals surface area contributed by atoms with E-state index < -0.39 is 0 Å². The summed E-state index contributed by atoms with van der Waals surface area (Å²) in [7, 11) is 0. The van der Waals surface area contributed by atoms with E-state index in [1.54, 1.807) is 0 Å². The topological polar surface area (TPSA) is 49.8 Å². The van der Waals surface area contributed by atoms with Crippen LogP contribution in [0.1, 0.15) is 42.8 Å². The summed E-state index contributed by atoms with van der Waals surface area (Å²) in [5, 5.41) is 6.74. The monoisotopic (exact) mass is 304 g/mol. The minimum Gasteiger partial charge on any atom is -0.370 e. The van der Waals surface area contributed by atoms with E-state index in [0.717, 1.165) is 49.8 Å². The second kappa shape index (κ2) is 7.98. The van der Waals surface area contributed by atoms with E-state index in [1.807, 2.05) is 17.4 Å². The van der Waals surface area contributed by atoms with Crippen LogP contribution >= 0.6 is 11.3 Å². The molecule has 2 aromatic rings. The molecule has 0 saturated carbocycles. The van der Waals surface area contributed by atoms with Crippen LogP contribution in [0.2, 0.25) is 0 Å². The van der Waals surface area contributed by atoms with Crippen LogP contribution in [-0.4, -0.2) is 16.5 Å². The van der Waals surface area contributed by atoms with Crippen LogP contribution in [0.25, 0.3) is 0 Å². The van der Waals surface area contributed by atoms with Gasteiger partial charge in [-0.05, 0) is 25.0 Å². The maximum absolute atomic E-state index is 4.54. The van der Waals surface area contributed by atoms with Crippen molar-refractivity contribution in [3.63, 3.8) is 0 Å². The number of anilines is 2. The number of hydrogen-bond acceptors (Lipinski definition) is 5. The highest BCUT2D eigenvalue weighted by atomic mass is 32.1. The number of thiophene rings is 1. The van der Waals surface area contributed by atoms with Gasteiger partial charge in [0.05, 0.1) is 6.54 Å². The van der Waals surface area contributed by atoms with E-state index in [0.29, 0.717) is 0 Å². The average molecular weight is 304 g/mol. The molecule has 4 nitrogen and oxygen atoms in total. The third kappa shape index (κ3) is 4.70. The minimum absolute atomic E-state index is 0.818. The molecular weight excluding hydrogens is 280 g/mol. The molecule has 0 aliphatic rings. The Kier molecular flexibility index (Phi) is 5.99. The summed E-state index contributed by atoms with van der Waals surface area (Å²) in [6, 6.07) is 6.38. The van der Waals surface area contributed by atoms with Gasteiger partial charge in [0.1, 0.15) is 17.5 Å². The van der Waals surface area contributed by atoms with Gasteiger partial charge in [0.2, 0.25) is 0 Å². The number of aromatic nitrogens is 2. The molecule has 2 heterocycles. The SMILES string of the molecule is CCCNc1cc(NCc2ccc(CC)s2)nc(CC)n1. The fraction of sp³-hybridized carbons (Fsp3) is 0.500. The Morgan fingerprint density at radius 1 is 0.952 bits per heavy atom. The van der Waals surface area contributed by atoms with Crippen LogP contribution in [0.5, 0.6) is 0 Å². The lowest BCUT2D eigenvalue weighted by atomic mass is 10.3. The second-order valence-corrected chi connectivity index (χ2v) is 6.16. The van der Waals surface area contributed by atoms with Crippen LogP contribution in [0.15, 0.2) is 18.2 Å². The van der Waals surface area contributed by atoms with Gasteiger partial charge >= 0.3 is 0 Å². The fourth-order valence-corrected chi connectivity index (χ4v) is 2.87. The molecule has 21 heavy (non-hydrogen) atoms. The molecular formula is C16H24N4S. The summed E-state index contributed by atoms with van der Waals surface area (Å²) < 4.78 is 0. The molecule has 0 aliphatic heterocycles. The van der Waals surface area contributed by atoms with Crippen LogP contribution < -0.4 is 10.6 Å². The van der Waals surface area contributed by atoms with Crippen molar-refractivity contribution in [2.75, 3.05) is 17.2 Å². The number of nitrogens with zero attached hydrogens (tertiary/aromatic N) is 2. The molecule has 0 fully saturated rings. The molecule has 2 rings (SSSR count). The second-order valence-electron chi connectivity index (χ2n) is 4.91. The third-order valence-electron chi connectivity index (χ3n) is 3.15. The molecule has 0 amide bonds. The summed E-state index contributed by atoms with van der Waals surface area (Å²) >= 11 is 1.86. The lowest BCUT2D eigenvalue weighted by Crippen LogP contribution is -2.08. The van der Waals surface area contributed by atoms with E-state index >= 15 is 0 Å². The minimum atomic E-state index is 0.818. The van der Waals surface area contributed by atoms with Crippen LogP contribution in [0, 0.1) is 0 Å². The first-order chi connectivity index (χ1) is 10.2. The summed E-state index contributed by atoms with van der Waals surface area (Å²) in [5.74, 6) is 2.68. The zero-order valence-electron chi connectivity index (χ0n) is 13.1. The standard InChI is InChI=1S/C16H24N4S/c1-4-9-17-15-10-16(20-14(6-3)19-15)18-11-13-8-7-12(5-2)21-13/h7-8,10H,4-6,9,11H2,1-3H3,(H2,17,18,19,20). The zero-order valence-corrected chi connectivity index (χ0v) is 13.9. The molecule has 0 aromatic carbocycles. The first-order valence-corrected chi connectivity index (χ1v) is 8.50. The molecule has 0 spiro atoms. The van der Waals surface area contributed by atoms with Crippen molar-refractivity contribution in [1.82, 2.24) is 9.97 Å². The average Bonchev–Trinajstić information content (AvgIpc) is 2.98. The zero-order chi connectivity index (χ0) is 15.1. The van der Waals surface area contributed by atoms with E-state index in [2.05, 4.69) is 53.5 Å². The van der Waals surface area contributed by atoms with E-state index in [9.17, 15) is 0 Å². The van der Waals surface area contributed by atoms with Crippen molar-refractivity contribution in [1.29, 1.82) is 0 Å². The van der Waals surface area contributed by atoms with Crippen molar-refractivity contribution in [2.24, 2.45) is 0 Å². The smallest absolute Gasteiger partial charge is 0.132 e. The highest BCUT2D eigenvalue weighted by Gasteiger charge is 2.04. The molecule has 0 saturated heterocycles. The molecule has 0 bridgehead atoms. The Labute approximate surface area is 131 Å². The first-order valence-electron chi connectivity index (χ1n) is 7.68. The predicted molar refractivity (Wildman–Crippen MR) is 91.2 cm³/mol. The highest BCUT2D eigenvalue weighted by Crippen LogP contribution is 2.19. The normalized spacial score (nSPS) is 10.6. The van der Waals surface area contributed by atoms with Crippen LogP contribution in [0.3, 0.4) is 0 Å². The van der Waals surface area contributed by atoms with E-state index in [-0.39, 0.29) is 0 Å². The first kappa shape index (κ1) is 15.8. The van der Waals surface area contributed by atoms with Gasteiger partial charge in [0.25, 0.3) is 0 Å². The van der Waals surface area contributed by atoms with Crippen molar-refractivity contribution >= 4 is 23.0 Å². The Morgan fingerprint density at radius 3 is 2.29 bits per heavy atom. The Hall–Kier alpha value is -1.62. The van der Waals surface area contributed by atoms with Gasteiger partial charge in [-0.3, -0.25) is 0 Å². The highest BCUT2D eigenvalue weighted by molar-refractivity contribution is 7.12. The molecule has 0 unspecified atom stereocenters. The molecule has 0 atom stereocenters. The van der Waals surface area contributed by atoms with Crippen molar-refractivity contribution in [3.8, 4) is 0 Å². The molecule has 2 N–H and O–H groups in total. The number of hydrogen-bond donors (Lipinski definition) is 2. The number of nitrogens with one attached hydrogen (secondary N) is 2. The van der Waals surface area contributed by atoms with Gasteiger partial charge in [-0.1, -0.05) is 20.8 Å². The molecule has 0 radical (unpaired) electrons. The third-order valence-corrected chi connectivity index (χ3v) is 4.38. The van der Waals surface area contributed by atoms with Gasteiger partial charge in [0.15, 0.2) is 0 Å². The maximum atomic E-state index is 4.54. The summed E-state index contributed by atoms with van der Waals surface area (Å²) in [6.45, 7) is 8.17. The van der Waals surface area contributed by atoms with E-state index in [4.69, 9.17) is 0 Å². The van der Waals surface area contributed by atoms with Crippen molar-refractivity contribution in [2.45, 2.75) is 46.6 Å². The van der Waals surface area contributed by atoms with Crippen molar-refractivity contribution < 1.29 is 0 Å². The molecule has 5 heteroatoms. The molecule has 114 valence electrons. The van der Waals surface area contributed by atoms with Crippen molar-refractivity contribution in [3.05, 3.63) is 33.8 Å². The van der Waals surface area contributed by atoms with Gasteiger partial charge in [0, 0.05) is 28.8 Å². The Balaban J connectivity index is 2.03. The van der Waals surface area contributed by atoms with Gasteiger partial charge in [-0.25, -0.2) is 9.97 Å². The van der Waals surface area contributed by atoms with Crippen LogP contribution in [0.4, 0.5) is 11.6 Å². The molecule has 0 aliphatic carbocycles. The summed E-state index contributed by atoms with van der Waals surface area (Å²) in [5.41, 5.74) is 0. The van der Waals surface area contributed by atoms with Gasteiger partial charge in [-0.2, -0.15) is 0 Å². The number of rotatable bonds is 8. The Bertz CT molecular complexity index is 565. The van der Waals surface area contributed by atoms with Gasteiger partial charge < -0.3 is 10.6 Å². The maximum Gasteiger partial charge on any atom is 0.132 e. The number of aryl methyl sites for hydroxylation is 2. The quantitative estimate of drug-likeness (QED) is 0.771. The lowest BCUT2D eigenvalue weighted by molar-refractivity contribution is 0.914. The van der Waals surface area contributed by atoms with Gasteiger partial charge in [-0.15, -0.1) is 11.3 Å².